The van der Waals surface area contributed by atoms with Crippen molar-refractivity contribution in [3.8, 4) is 11.3 Å². The number of aromatic nitrogens is 1. The largest absolute Gasteiger partial charge is 0.478 e. The van der Waals surface area contributed by atoms with E-state index in [0.717, 1.165) is 6.26 Å². The van der Waals surface area contributed by atoms with Gasteiger partial charge < -0.3 is 5.11 Å². The highest BCUT2D eigenvalue weighted by molar-refractivity contribution is 7.90. The van der Waals surface area contributed by atoms with E-state index in [1.807, 2.05) is 0 Å². The SMILES string of the molecule is CS(=O)(=O)Cc1nc(-c2cccc(C(=O)O)c2)cs1. The van der Waals surface area contributed by atoms with Gasteiger partial charge in [-0.25, -0.2) is 18.2 Å². The number of nitrogens with zero attached hydrogens (tertiary/aromatic N) is 1. The number of hydrogen-bond donors (Lipinski definition) is 1. The Balaban J connectivity index is 2.33. The number of thiazole rings is 1. The number of carbonyl (C=O) groups is 1. The first-order valence-electron chi connectivity index (χ1n) is 5.31. The molecule has 7 heteroatoms. The molecule has 0 unspecified atom stereocenters. The molecule has 0 amide bonds. The molecule has 0 saturated heterocycles. The first-order chi connectivity index (χ1) is 8.85. The van der Waals surface area contributed by atoms with Crippen LogP contribution in [-0.2, 0) is 15.6 Å². The van der Waals surface area contributed by atoms with E-state index in [2.05, 4.69) is 4.98 Å². The van der Waals surface area contributed by atoms with Gasteiger partial charge in [0.05, 0.1) is 11.3 Å². The minimum atomic E-state index is -3.11. The summed E-state index contributed by atoms with van der Waals surface area (Å²) in [5.74, 6) is -1.11. The fourth-order valence-electron chi connectivity index (χ4n) is 1.55. The van der Waals surface area contributed by atoms with Gasteiger partial charge in [0, 0.05) is 17.2 Å². The quantitative estimate of drug-likeness (QED) is 0.933. The average Bonchev–Trinajstić information content (AvgIpc) is 2.75. The zero-order valence-electron chi connectivity index (χ0n) is 10.0. The molecule has 1 heterocycles. The lowest BCUT2D eigenvalue weighted by Crippen LogP contribution is -2.00. The van der Waals surface area contributed by atoms with Crippen molar-refractivity contribution in [1.82, 2.24) is 4.98 Å². The van der Waals surface area contributed by atoms with E-state index < -0.39 is 15.8 Å². The van der Waals surface area contributed by atoms with E-state index in [0.29, 0.717) is 16.3 Å². The second kappa shape index (κ2) is 5.10. The van der Waals surface area contributed by atoms with Crippen LogP contribution in [0.3, 0.4) is 0 Å². The summed E-state index contributed by atoms with van der Waals surface area (Å²) >= 11 is 1.25. The summed E-state index contributed by atoms with van der Waals surface area (Å²) in [6.07, 6.45) is 1.15. The third-order valence-corrected chi connectivity index (χ3v) is 4.17. The molecule has 0 bridgehead atoms. The maximum atomic E-state index is 11.2. The fourth-order valence-corrected chi connectivity index (χ4v) is 3.56. The summed E-state index contributed by atoms with van der Waals surface area (Å²) in [6.45, 7) is 0. The molecule has 5 nitrogen and oxygen atoms in total. The number of carboxylic acid groups (broad SMARTS) is 1. The number of hydrogen-bond acceptors (Lipinski definition) is 5. The Bertz CT molecular complexity index is 719. The normalized spacial score (nSPS) is 11.4. The van der Waals surface area contributed by atoms with Gasteiger partial charge in [-0.1, -0.05) is 12.1 Å². The summed E-state index contributed by atoms with van der Waals surface area (Å²) in [5, 5.41) is 11.1. The second-order valence-electron chi connectivity index (χ2n) is 4.08. The van der Waals surface area contributed by atoms with Gasteiger partial charge in [-0.2, -0.15) is 0 Å². The van der Waals surface area contributed by atoms with E-state index in [1.54, 1.807) is 17.5 Å². The predicted octanol–water partition coefficient (Wildman–Crippen LogP) is 2.05. The third kappa shape index (κ3) is 3.62. The first-order valence-corrected chi connectivity index (χ1v) is 8.25. The van der Waals surface area contributed by atoms with E-state index >= 15 is 0 Å². The van der Waals surface area contributed by atoms with Crippen LogP contribution >= 0.6 is 11.3 Å². The molecule has 2 aromatic rings. The van der Waals surface area contributed by atoms with Crippen LogP contribution in [-0.4, -0.2) is 30.7 Å². The van der Waals surface area contributed by atoms with Crippen LogP contribution in [0.15, 0.2) is 29.6 Å². The smallest absolute Gasteiger partial charge is 0.335 e. The molecular formula is C12H11NO4S2. The van der Waals surface area contributed by atoms with E-state index in [1.165, 1.54) is 23.5 Å². The van der Waals surface area contributed by atoms with Crippen LogP contribution in [0.5, 0.6) is 0 Å². The molecule has 0 radical (unpaired) electrons. The van der Waals surface area contributed by atoms with Crippen molar-refractivity contribution in [3.05, 3.63) is 40.2 Å². The van der Waals surface area contributed by atoms with Gasteiger partial charge in [0.15, 0.2) is 9.84 Å². The highest BCUT2D eigenvalue weighted by atomic mass is 32.2. The molecule has 0 atom stereocenters. The molecule has 1 N–H and O–H groups in total. The van der Waals surface area contributed by atoms with Crippen LogP contribution in [0.1, 0.15) is 15.4 Å². The van der Waals surface area contributed by atoms with Gasteiger partial charge in [0.2, 0.25) is 0 Å². The predicted molar refractivity (Wildman–Crippen MR) is 73.1 cm³/mol. The maximum Gasteiger partial charge on any atom is 0.335 e. The molecule has 1 aromatic carbocycles. The Hall–Kier alpha value is -1.73. The molecule has 19 heavy (non-hydrogen) atoms. The molecule has 0 saturated carbocycles. The van der Waals surface area contributed by atoms with Gasteiger partial charge >= 0.3 is 5.97 Å². The number of sulfone groups is 1. The van der Waals surface area contributed by atoms with Gasteiger partial charge in [-0.15, -0.1) is 11.3 Å². The Morgan fingerprint density at radius 1 is 1.42 bits per heavy atom. The molecule has 0 aliphatic heterocycles. The van der Waals surface area contributed by atoms with Crippen LogP contribution in [0, 0.1) is 0 Å². The summed E-state index contributed by atoms with van der Waals surface area (Å²) in [7, 11) is -3.11. The number of aromatic carboxylic acids is 1. The van der Waals surface area contributed by atoms with Crippen molar-refractivity contribution in [2.75, 3.05) is 6.26 Å². The number of benzene rings is 1. The van der Waals surface area contributed by atoms with Crippen molar-refractivity contribution in [2.24, 2.45) is 0 Å². The summed E-state index contributed by atoms with van der Waals surface area (Å²) in [4.78, 5) is 15.1. The van der Waals surface area contributed by atoms with Crippen molar-refractivity contribution >= 4 is 27.1 Å². The molecule has 0 aliphatic carbocycles. The van der Waals surface area contributed by atoms with Crippen molar-refractivity contribution in [1.29, 1.82) is 0 Å². The minimum absolute atomic E-state index is 0.101. The standard InChI is InChI=1S/C12H11NO4S2/c1-19(16,17)7-11-13-10(6-18-11)8-3-2-4-9(5-8)12(14)15/h2-6H,7H2,1H3,(H,14,15). The lowest BCUT2D eigenvalue weighted by molar-refractivity contribution is 0.0697. The van der Waals surface area contributed by atoms with E-state index in [9.17, 15) is 13.2 Å². The Morgan fingerprint density at radius 3 is 2.79 bits per heavy atom. The highest BCUT2D eigenvalue weighted by Crippen LogP contribution is 2.23. The van der Waals surface area contributed by atoms with E-state index in [4.69, 9.17) is 5.11 Å². The molecule has 1 aromatic heterocycles. The van der Waals surface area contributed by atoms with Crippen molar-refractivity contribution in [2.45, 2.75) is 5.75 Å². The number of rotatable bonds is 4. The van der Waals surface area contributed by atoms with Crippen LogP contribution in [0.25, 0.3) is 11.3 Å². The van der Waals surface area contributed by atoms with Crippen LogP contribution in [0.2, 0.25) is 0 Å². The van der Waals surface area contributed by atoms with Crippen LogP contribution in [0.4, 0.5) is 0 Å². The Labute approximate surface area is 114 Å². The molecule has 0 aliphatic rings. The van der Waals surface area contributed by atoms with Crippen molar-refractivity contribution in [3.63, 3.8) is 0 Å². The summed E-state index contributed by atoms with van der Waals surface area (Å²) in [5.41, 5.74) is 1.43. The van der Waals surface area contributed by atoms with Gasteiger partial charge in [0.25, 0.3) is 0 Å². The highest BCUT2D eigenvalue weighted by Gasteiger charge is 2.11. The zero-order valence-corrected chi connectivity index (χ0v) is 11.7. The second-order valence-corrected chi connectivity index (χ2v) is 7.17. The molecule has 0 fully saturated rings. The lowest BCUT2D eigenvalue weighted by atomic mass is 10.1. The molecule has 100 valence electrons. The lowest BCUT2D eigenvalue weighted by Gasteiger charge is -1.99. The molecular weight excluding hydrogens is 286 g/mol. The summed E-state index contributed by atoms with van der Waals surface area (Å²) in [6, 6.07) is 6.39. The molecule has 0 spiro atoms. The minimum Gasteiger partial charge on any atom is -0.478 e. The fraction of sp³-hybridized carbons (Fsp3) is 0.167. The van der Waals surface area contributed by atoms with Gasteiger partial charge in [-0.05, 0) is 12.1 Å². The maximum absolute atomic E-state index is 11.2. The van der Waals surface area contributed by atoms with Crippen LogP contribution < -0.4 is 0 Å². The van der Waals surface area contributed by atoms with Crippen molar-refractivity contribution < 1.29 is 18.3 Å². The van der Waals surface area contributed by atoms with Gasteiger partial charge in [0.1, 0.15) is 10.8 Å². The topological polar surface area (TPSA) is 84.3 Å². The number of carboxylic acids is 1. The van der Waals surface area contributed by atoms with Gasteiger partial charge in [-0.3, -0.25) is 0 Å². The molecule has 2 rings (SSSR count). The third-order valence-electron chi connectivity index (χ3n) is 2.34. The first kappa shape index (κ1) is 13.7. The average molecular weight is 297 g/mol. The Kier molecular flexibility index (Phi) is 3.68. The summed E-state index contributed by atoms with van der Waals surface area (Å²) < 4.78 is 22.4. The zero-order chi connectivity index (χ0) is 14.0. The monoisotopic (exact) mass is 297 g/mol. The van der Waals surface area contributed by atoms with E-state index in [-0.39, 0.29) is 11.3 Å². The Morgan fingerprint density at radius 2 is 2.16 bits per heavy atom.